The molecule has 1 heterocycles. The highest BCUT2D eigenvalue weighted by Crippen LogP contribution is 2.36. The van der Waals surface area contributed by atoms with Gasteiger partial charge in [-0.25, -0.2) is 0 Å². The summed E-state index contributed by atoms with van der Waals surface area (Å²) in [6.45, 7) is 2.70. The Balaban J connectivity index is 2.28. The molecule has 11 heavy (non-hydrogen) atoms. The molecule has 64 valence electrons. The van der Waals surface area contributed by atoms with Crippen LogP contribution in [-0.2, 0) is 9.53 Å². The highest BCUT2D eigenvalue weighted by Gasteiger charge is 2.30. The maximum Gasteiger partial charge on any atom is 0.303 e. The van der Waals surface area contributed by atoms with Crippen molar-refractivity contribution in [3.63, 3.8) is 0 Å². The molecule has 0 aromatic rings. The maximum absolute atomic E-state index is 10.2. The molecule has 0 amide bonds. The average molecular weight is 176 g/mol. The van der Waals surface area contributed by atoms with E-state index >= 15 is 0 Å². The summed E-state index contributed by atoms with van der Waals surface area (Å²) in [7, 11) is 0. The van der Waals surface area contributed by atoms with Gasteiger partial charge in [0.05, 0.1) is 6.61 Å². The zero-order valence-corrected chi connectivity index (χ0v) is 7.32. The Kier molecular flexibility index (Phi) is 2.78. The van der Waals surface area contributed by atoms with E-state index in [9.17, 15) is 4.79 Å². The summed E-state index contributed by atoms with van der Waals surface area (Å²) >= 11 is 1.70. The van der Waals surface area contributed by atoms with Crippen LogP contribution in [0.2, 0.25) is 0 Å². The molecule has 0 saturated carbocycles. The van der Waals surface area contributed by atoms with Crippen molar-refractivity contribution in [3.05, 3.63) is 0 Å². The number of ether oxygens (including phenoxy) is 1. The normalized spacial score (nSPS) is 30.6. The van der Waals surface area contributed by atoms with Gasteiger partial charge in [0.2, 0.25) is 0 Å². The molecule has 1 unspecified atom stereocenters. The fourth-order valence-corrected chi connectivity index (χ4v) is 2.05. The molecule has 1 aliphatic rings. The lowest BCUT2D eigenvalue weighted by atomic mass is 10.2. The van der Waals surface area contributed by atoms with E-state index in [0.717, 1.165) is 12.4 Å². The van der Waals surface area contributed by atoms with Crippen molar-refractivity contribution < 1.29 is 14.6 Å². The predicted molar refractivity (Wildman–Crippen MR) is 43.7 cm³/mol. The van der Waals surface area contributed by atoms with Gasteiger partial charge in [0.1, 0.15) is 4.93 Å². The molecular formula is C7H12O3S. The summed E-state index contributed by atoms with van der Waals surface area (Å²) in [5.41, 5.74) is 0. The predicted octanol–water partition coefficient (Wildman–Crippen LogP) is 1.33. The Bertz CT molecular complexity index is 152. The summed E-state index contributed by atoms with van der Waals surface area (Å²) < 4.78 is 5.39. The second-order valence-corrected chi connectivity index (χ2v) is 4.28. The number of aliphatic carboxylic acids is 1. The first-order valence-electron chi connectivity index (χ1n) is 3.62. The first kappa shape index (κ1) is 8.87. The summed E-state index contributed by atoms with van der Waals surface area (Å²) in [5.74, 6) is 0.234. The Hall–Kier alpha value is -0.220. The third-order valence-corrected chi connectivity index (χ3v) is 2.99. The van der Waals surface area contributed by atoms with Crippen molar-refractivity contribution in [1.82, 2.24) is 0 Å². The van der Waals surface area contributed by atoms with Crippen LogP contribution in [0.5, 0.6) is 0 Å². The van der Waals surface area contributed by atoms with E-state index in [1.807, 2.05) is 6.92 Å². The molecule has 0 radical (unpaired) electrons. The summed E-state index contributed by atoms with van der Waals surface area (Å²) in [6, 6.07) is 0. The Labute approximate surface area is 70.1 Å². The molecule has 1 atom stereocenters. The van der Waals surface area contributed by atoms with Gasteiger partial charge in [-0.3, -0.25) is 4.79 Å². The molecule has 1 rings (SSSR count). The molecule has 1 aliphatic heterocycles. The van der Waals surface area contributed by atoms with Crippen LogP contribution in [0.25, 0.3) is 0 Å². The largest absolute Gasteiger partial charge is 0.481 e. The van der Waals surface area contributed by atoms with E-state index in [0.29, 0.717) is 6.42 Å². The van der Waals surface area contributed by atoms with Crippen LogP contribution in [0.1, 0.15) is 19.8 Å². The average Bonchev–Trinajstić information content (AvgIpc) is 2.33. The van der Waals surface area contributed by atoms with Crippen molar-refractivity contribution >= 4 is 17.7 Å². The van der Waals surface area contributed by atoms with Crippen molar-refractivity contribution in [2.45, 2.75) is 24.7 Å². The zero-order chi connectivity index (χ0) is 8.32. The van der Waals surface area contributed by atoms with E-state index < -0.39 is 5.97 Å². The van der Waals surface area contributed by atoms with Gasteiger partial charge in [-0.05, 0) is 13.3 Å². The van der Waals surface area contributed by atoms with Gasteiger partial charge >= 0.3 is 5.97 Å². The first-order chi connectivity index (χ1) is 5.12. The number of thioether (sulfide) groups is 1. The molecule has 0 spiro atoms. The van der Waals surface area contributed by atoms with Gasteiger partial charge in [0.15, 0.2) is 0 Å². The van der Waals surface area contributed by atoms with Crippen LogP contribution >= 0.6 is 11.8 Å². The lowest BCUT2D eigenvalue weighted by Gasteiger charge is -2.20. The molecule has 0 aromatic carbocycles. The second kappa shape index (κ2) is 3.45. The highest BCUT2D eigenvalue weighted by atomic mass is 32.2. The summed E-state index contributed by atoms with van der Waals surface area (Å²) in [4.78, 5) is 10.00. The number of rotatable bonds is 3. The molecule has 0 bridgehead atoms. The van der Waals surface area contributed by atoms with Crippen LogP contribution in [0.3, 0.4) is 0 Å². The van der Waals surface area contributed by atoms with E-state index in [1.165, 1.54) is 0 Å². The SMILES string of the molecule is CC1(CCC(=O)O)OCCS1. The Morgan fingerprint density at radius 1 is 1.82 bits per heavy atom. The molecule has 3 nitrogen and oxygen atoms in total. The van der Waals surface area contributed by atoms with Crippen molar-refractivity contribution in [1.29, 1.82) is 0 Å². The molecule has 0 aliphatic carbocycles. The van der Waals surface area contributed by atoms with Crippen LogP contribution in [0.4, 0.5) is 0 Å². The Morgan fingerprint density at radius 3 is 3.00 bits per heavy atom. The number of carboxylic acids is 1. The van der Waals surface area contributed by atoms with Gasteiger partial charge in [-0.2, -0.15) is 0 Å². The van der Waals surface area contributed by atoms with Gasteiger partial charge in [0.25, 0.3) is 0 Å². The van der Waals surface area contributed by atoms with Crippen molar-refractivity contribution in [2.75, 3.05) is 12.4 Å². The molecule has 4 heteroatoms. The minimum absolute atomic E-state index is 0.198. The van der Waals surface area contributed by atoms with Gasteiger partial charge in [0, 0.05) is 12.2 Å². The number of carboxylic acid groups (broad SMARTS) is 1. The van der Waals surface area contributed by atoms with Crippen LogP contribution in [-0.4, -0.2) is 28.4 Å². The van der Waals surface area contributed by atoms with Crippen LogP contribution in [0.15, 0.2) is 0 Å². The minimum Gasteiger partial charge on any atom is -0.481 e. The fraction of sp³-hybridized carbons (Fsp3) is 0.857. The van der Waals surface area contributed by atoms with E-state index in [-0.39, 0.29) is 11.4 Å². The summed E-state index contributed by atoms with van der Waals surface area (Å²) in [6.07, 6.45) is 0.802. The highest BCUT2D eigenvalue weighted by molar-refractivity contribution is 8.00. The topological polar surface area (TPSA) is 46.5 Å². The molecule has 1 fully saturated rings. The van der Waals surface area contributed by atoms with Crippen LogP contribution < -0.4 is 0 Å². The van der Waals surface area contributed by atoms with E-state index in [4.69, 9.17) is 9.84 Å². The third-order valence-electron chi connectivity index (χ3n) is 1.69. The van der Waals surface area contributed by atoms with Crippen molar-refractivity contribution in [2.24, 2.45) is 0 Å². The smallest absolute Gasteiger partial charge is 0.303 e. The molecule has 1 saturated heterocycles. The molecule has 0 aromatic heterocycles. The Morgan fingerprint density at radius 2 is 2.55 bits per heavy atom. The van der Waals surface area contributed by atoms with E-state index in [2.05, 4.69) is 0 Å². The van der Waals surface area contributed by atoms with Gasteiger partial charge in [-0.1, -0.05) is 0 Å². The molecular weight excluding hydrogens is 164 g/mol. The van der Waals surface area contributed by atoms with Crippen molar-refractivity contribution in [3.8, 4) is 0 Å². The zero-order valence-electron chi connectivity index (χ0n) is 6.50. The number of hydrogen-bond acceptors (Lipinski definition) is 3. The molecule has 1 N–H and O–H groups in total. The minimum atomic E-state index is -0.748. The first-order valence-corrected chi connectivity index (χ1v) is 4.61. The number of carbonyl (C=O) groups is 1. The standard InChI is InChI=1S/C7H12O3S/c1-7(3-2-6(8)9)10-4-5-11-7/h2-5H2,1H3,(H,8,9). The summed E-state index contributed by atoms with van der Waals surface area (Å²) in [5, 5.41) is 8.42. The number of hydrogen-bond donors (Lipinski definition) is 1. The maximum atomic E-state index is 10.2. The fourth-order valence-electron chi connectivity index (χ4n) is 1.04. The van der Waals surface area contributed by atoms with Gasteiger partial charge in [-0.15, -0.1) is 11.8 Å². The quantitative estimate of drug-likeness (QED) is 0.704. The third kappa shape index (κ3) is 2.71. The second-order valence-electron chi connectivity index (χ2n) is 2.72. The van der Waals surface area contributed by atoms with Gasteiger partial charge < -0.3 is 9.84 Å². The lowest BCUT2D eigenvalue weighted by molar-refractivity contribution is -0.137. The lowest BCUT2D eigenvalue weighted by Crippen LogP contribution is -2.20. The monoisotopic (exact) mass is 176 g/mol. The van der Waals surface area contributed by atoms with Crippen LogP contribution in [0, 0.1) is 0 Å². The van der Waals surface area contributed by atoms with E-state index in [1.54, 1.807) is 11.8 Å².